The Morgan fingerprint density at radius 3 is 2.29 bits per heavy atom. The number of benzene rings is 1. The molecular weight excluding hydrogens is 294 g/mol. The van der Waals surface area contributed by atoms with E-state index in [0.717, 1.165) is 5.56 Å². The minimum atomic E-state index is -0.942. The lowest BCUT2D eigenvalue weighted by molar-refractivity contribution is -0.136. The van der Waals surface area contributed by atoms with Gasteiger partial charge in [-0.3, -0.25) is 4.79 Å². The minimum absolute atomic E-state index is 0.0958. The van der Waals surface area contributed by atoms with Crippen molar-refractivity contribution in [3.63, 3.8) is 0 Å². The summed E-state index contributed by atoms with van der Waals surface area (Å²) in [5.41, 5.74) is 1.75. The van der Waals surface area contributed by atoms with E-state index in [1.807, 2.05) is 0 Å². The van der Waals surface area contributed by atoms with Crippen molar-refractivity contribution in [2.24, 2.45) is 5.16 Å². The normalized spacial score (nSPS) is 11.4. The van der Waals surface area contributed by atoms with Gasteiger partial charge in [0.15, 0.2) is 5.82 Å². The average molecular weight is 306 g/mol. The number of carboxylic acid groups (broad SMARTS) is 1. The molecule has 108 valence electrons. The van der Waals surface area contributed by atoms with Crippen LogP contribution >= 0.6 is 11.6 Å². The number of rotatable bonds is 5. The van der Waals surface area contributed by atoms with Gasteiger partial charge in [-0.25, -0.2) is 9.97 Å². The molecule has 0 aliphatic carbocycles. The largest absolute Gasteiger partial charge is 0.481 e. The summed E-state index contributed by atoms with van der Waals surface area (Å²) in [6.07, 6.45) is 3.07. The molecule has 1 aromatic heterocycles. The third-order valence-corrected chi connectivity index (χ3v) is 2.99. The Bertz CT molecular complexity index is 654. The second-order valence-corrected chi connectivity index (χ2v) is 4.68. The Kier molecular flexibility index (Phi) is 4.84. The van der Waals surface area contributed by atoms with Crippen LogP contribution in [0.1, 0.15) is 18.4 Å². The molecule has 0 aliphatic rings. The van der Waals surface area contributed by atoms with Gasteiger partial charge in [0.1, 0.15) is 0 Å². The first kappa shape index (κ1) is 14.9. The molecule has 6 nitrogen and oxygen atoms in total. The first-order valence-corrected chi connectivity index (χ1v) is 6.49. The second-order valence-electron chi connectivity index (χ2n) is 4.24. The number of hydrogen-bond donors (Lipinski definition) is 2. The van der Waals surface area contributed by atoms with E-state index in [9.17, 15) is 4.79 Å². The number of hydrogen-bond acceptors (Lipinski definition) is 5. The third kappa shape index (κ3) is 4.00. The topological polar surface area (TPSA) is 95.7 Å². The SMILES string of the molecule is O=C(O)CCC(=NO)c1ccc(-c2ncc(Cl)cn2)cc1. The van der Waals surface area contributed by atoms with Gasteiger partial charge in [-0.15, -0.1) is 0 Å². The van der Waals surface area contributed by atoms with Crippen LogP contribution in [0.15, 0.2) is 41.8 Å². The summed E-state index contributed by atoms with van der Waals surface area (Å²) in [5.74, 6) is -0.415. The number of nitrogens with zero attached hydrogens (tertiary/aromatic N) is 3. The molecule has 2 N–H and O–H groups in total. The van der Waals surface area contributed by atoms with Gasteiger partial charge in [0.05, 0.1) is 17.2 Å². The van der Waals surface area contributed by atoms with Crippen LogP contribution in [0, 0.1) is 0 Å². The van der Waals surface area contributed by atoms with Crippen molar-refractivity contribution < 1.29 is 15.1 Å². The second kappa shape index (κ2) is 6.81. The summed E-state index contributed by atoms with van der Waals surface area (Å²) < 4.78 is 0. The van der Waals surface area contributed by atoms with Crippen molar-refractivity contribution in [2.45, 2.75) is 12.8 Å². The van der Waals surface area contributed by atoms with Crippen LogP contribution in [0.5, 0.6) is 0 Å². The maximum Gasteiger partial charge on any atom is 0.303 e. The number of carbonyl (C=O) groups is 1. The van der Waals surface area contributed by atoms with E-state index in [4.69, 9.17) is 21.9 Å². The van der Waals surface area contributed by atoms with Gasteiger partial charge in [0.2, 0.25) is 0 Å². The van der Waals surface area contributed by atoms with Crippen LogP contribution in [0.4, 0.5) is 0 Å². The van der Waals surface area contributed by atoms with Gasteiger partial charge < -0.3 is 10.3 Å². The van der Waals surface area contributed by atoms with E-state index in [1.54, 1.807) is 24.3 Å². The molecule has 2 aromatic rings. The lowest BCUT2D eigenvalue weighted by Gasteiger charge is -2.05. The van der Waals surface area contributed by atoms with E-state index in [-0.39, 0.29) is 12.8 Å². The lowest BCUT2D eigenvalue weighted by Crippen LogP contribution is -2.05. The highest BCUT2D eigenvalue weighted by atomic mass is 35.5. The summed E-state index contributed by atoms with van der Waals surface area (Å²) >= 11 is 5.73. The van der Waals surface area contributed by atoms with Gasteiger partial charge in [-0.1, -0.05) is 41.0 Å². The van der Waals surface area contributed by atoms with Crippen molar-refractivity contribution in [1.82, 2.24) is 9.97 Å². The fraction of sp³-hybridized carbons (Fsp3) is 0.143. The summed E-state index contributed by atoms with van der Waals surface area (Å²) in [6, 6.07) is 6.99. The Labute approximate surface area is 125 Å². The van der Waals surface area contributed by atoms with Crippen LogP contribution in [-0.2, 0) is 4.79 Å². The van der Waals surface area contributed by atoms with Crippen LogP contribution in [0.3, 0.4) is 0 Å². The van der Waals surface area contributed by atoms with E-state index >= 15 is 0 Å². The number of halogens is 1. The summed E-state index contributed by atoms with van der Waals surface area (Å²) in [5, 5.41) is 21.2. The van der Waals surface area contributed by atoms with Crippen LogP contribution in [0.25, 0.3) is 11.4 Å². The van der Waals surface area contributed by atoms with Crippen molar-refractivity contribution in [3.05, 3.63) is 47.2 Å². The van der Waals surface area contributed by atoms with E-state index in [0.29, 0.717) is 22.1 Å². The molecule has 0 fully saturated rings. The van der Waals surface area contributed by atoms with E-state index in [2.05, 4.69) is 15.1 Å². The molecule has 0 bridgehead atoms. The van der Waals surface area contributed by atoms with Crippen molar-refractivity contribution >= 4 is 23.3 Å². The van der Waals surface area contributed by atoms with Crippen LogP contribution in [-0.4, -0.2) is 32.0 Å². The van der Waals surface area contributed by atoms with Gasteiger partial charge in [0.25, 0.3) is 0 Å². The zero-order valence-electron chi connectivity index (χ0n) is 10.9. The number of aliphatic carboxylic acids is 1. The highest BCUT2D eigenvalue weighted by molar-refractivity contribution is 6.30. The molecule has 0 aliphatic heterocycles. The van der Waals surface area contributed by atoms with Crippen LogP contribution < -0.4 is 0 Å². The molecule has 0 atom stereocenters. The lowest BCUT2D eigenvalue weighted by atomic mass is 10.0. The molecule has 1 aromatic carbocycles. The molecule has 1 heterocycles. The maximum absolute atomic E-state index is 10.6. The Morgan fingerprint density at radius 1 is 1.14 bits per heavy atom. The molecule has 0 amide bonds. The summed E-state index contributed by atoms with van der Waals surface area (Å²) in [4.78, 5) is 18.8. The van der Waals surface area contributed by atoms with E-state index < -0.39 is 5.97 Å². The first-order valence-electron chi connectivity index (χ1n) is 6.11. The standard InChI is InChI=1S/C14H12ClN3O3/c15-11-7-16-14(17-8-11)10-3-1-9(2-4-10)12(18-21)5-6-13(19)20/h1-4,7-8,21H,5-6H2,(H,19,20). The highest BCUT2D eigenvalue weighted by Crippen LogP contribution is 2.17. The number of aromatic nitrogens is 2. The molecule has 0 unspecified atom stereocenters. The zero-order valence-corrected chi connectivity index (χ0v) is 11.7. The third-order valence-electron chi connectivity index (χ3n) is 2.79. The summed E-state index contributed by atoms with van der Waals surface area (Å²) in [6.45, 7) is 0. The molecule has 7 heteroatoms. The molecule has 2 rings (SSSR count). The molecule has 0 radical (unpaired) electrons. The molecule has 0 spiro atoms. The Hall–Kier alpha value is -2.47. The van der Waals surface area contributed by atoms with Crippen molar-refractivity contribution in [3.8, 4) is 11.4 Å². The smallest absolute Gasteiger partial charge is 0.303 e. The fourth-order valence-electron chi connectivity index (χ4n) is 1.75. The maximum atomic E-state index is 10.6. The van der Waals surface area contributed by atoms with Gasteiger partial charge in [-0.05, 0) is 5.56 Å². The predicted octanol–water partition coefficient (Wildman–Crippen LogP) is 2.84. The quantitative estimate of drug-likeness (QED) is 0.503. The monoisotopic (exact) mass is 305 g/mol. The van der Waals surface area contributed by atoms with Gasteiger partial charge in [0, 0.05) is 24.4 Å². The first-order chi connectivity index (χ1) is 10.1. The minimum Gasteiger partial charge on any atom is -0.481 e. The zero-order chi connectivity index (χ0) is 15.2. The Morgan fingerprint density at radius 2 is 1.76 bits per heavy atom. The molecule has 0 saturated heterocycles. The number of carboxylic acids is 1. The Balaban J connectivity index is 2.18. The fourth-order valence-corrected chi connectivity index (χ4v) is 1.85. The molecular formula is C14H12ClN3O3. The summed E-state index contributed by atoms with van der Waals surface area (Å²) in [7, 11) is 0. The van der Waals surface area contributed by atoms with Crippen molar-refractivity contribution in [2.75, 3.05) is 0 Å². The van der Waals surface area contributed by atoms with Crippen LogP contribution in [0.2, 0.25) is 5.02 Å². The van der Waals surface area contributed by atoms with E-state index in [1.165, 1.54) is 12.4 Å². The molecule has 0 saturated carbocycles. The molecule has 21 heavy (non-hydrogen) atoms. The van der Waals surface area contributed by atoms with Gasteiger partial charge in [-0.2, -0.15) is 0 Å². The highest BCUT2D eigenvalue weighted by Gasteiger charge is 2.08. The number of oxime groups is 1. The van der Waals surface area contributed by atoms with Gasteiger partial charge >= 0.3 is 5.97 Å². The predicted molar refractivity (Wildman–Crippen MR) is 77.7 cm³/mol. The average Bonchev–Trinajstić information content (AvgIpc) is 2.49. The van der Waals surface area contributed by atoms with Crippen molar-refractivity contribution in [1.29, 1.82) is 0 Å².